The zero-order valence-corrected chi connectivity index (χ0v) is 14.8. The highest BCUT2D eigenvalue weighted by atomic mass is 32.2. The summed E-state index contributed by atoms with van der Waals surface area (Å²) in [6.45, 7) is 4.00. The predicted octanol–water partition coefficient (Wildman–Crippen LogP) is 2.39. The van der Waals surface area contributed by atoms with Crippen molar-refractivity contribution in [1.82, 2.24) is 13.9 Å². The van der Waals surface area contributed by atoms with Crippen LogP contribution in [0, 0.1) is 12.8 Å². The molecule has 2 heterocycles. The fourth-order valence-electron chi connectivity index (χ4n) is 3.73. The fourth-order valence-corrected chi connectivity index (χ4v) is 5.37. The summed E-state index contributed by atoms with van der Waals surface area (Å²) in [7, 11) is -3.35. The summed E-state index contributed by atoms with van der Waals surface area (Å²) in [5.74, 6) is 1.34. The van der Waals surface area contributed by atoms with Gasteiger partial charge in [0.15, 0.2) is 0 Å². The summed E-state index contributed by atoms with van der Waals surface area (Å²) in [4.78, 5) is 4.67. The second-order valence-corrected chi connectivity index (χ2v) is 8.89. The molecule has 4 rings (SSSR count). The Morgan fingerprint density at radius 2 is 1.92 bits per heavy atom. The Morgan fingerprint density at radius 3 is 2.62 bits per heavy atom. The molecule has 0 amide bonds. The topological polar surface area (TPSA) is 55.2 Å². The monoisotopic (exact) mass is 345 g/mol. The van der Waals surface area contributed by atoms with Gasteiger partial charge >= 0.3 is 0 Å². The fraction of sp³-hybridized carbons (Fsp3) is 0.500. The molecule has 5 nitrogen and oxygen atoms in total. The highest BCUT2D eigenvalue weighted by Gasteiger charge is 2.37. The molecule has 2 aromatic rings. The van der Waals surface area contributed by atoms with Gasteiger partial charge in [0.1, 0.15) is 5.82 Å². The Bertz CT molecular complexity index is 851. The number of imidazole rings is 1. The molecule has 1 aromatic heterocycles. The van der Waals surface area contributed by atoms with Crippen LogP contribution in [-0.2, 0) is 29.4 Å². The average Bonchev–Trinajstić information content (AvgIpc) is 2.94. The third-order valence-electron chi connectivity index (χ3n) is 5.26. The van der Waals surface area contributed by atoms with E-state index in [1.54, 1.807) is 16.6 Å². The standard InChI is InChI=1S/C18H23N3O2S/c1-14-19-8-9-20(14)11-15-12-21(13-15)24(22,23)18-7-6-16-4-2-3-5-17(16)10-18/h6-10,15H,2-5,11-13H2,1H3. The largest absolute Gasteiger partial charge is 0.335 e. The summed E-state index contributed by atoms with van der Waals surface area (Å²) in [6, 6.07) is 5.69. The molecule has 1 aliphatic carbocycles. The van der Waals surface area contributed by atoms with Gasteiger partial charge in [0.2, 0.25) is 10.0 Å². The van der Waals surface area contributed by atoms with Crippen LogP contribution in [0.4, 0.5) is 0 Å². The molecule has 128 valence electrons. The van der Waals surface area contributed by atoms with E-state index in [-0.39, 0.29) is 0 Å². The van der Waals surface area contributed by atoms with Gasteiger partial charge < -0.3 is 4.57 Å². The number of rotatable bonds is 4. The molecule has 1 aliphatic heterocycles. The first-order valence-electron chi connectivity index (χ1n) is 8.64. The van der Waals surface area contributed by atoms with Crippen LogP contribution in [0.1, 0.15) is 29.8 Å². The molecule has 0 bridgehead atoms. The van der Waals surface area contributed by atoms with Gasteiger partial charge in [-0.25, -0.2) is 13.4 Å². The minimum Gasteiger partial charge on any atom is -0.335 e. The Labute approximate surface area is 143 Å². The molecular formula is C18H23N3O2S. The number of hydrogen-bond donors (Lipinski definition) is 0. The maximum Gasteiger partial charge on any atom is 0.243 e. The second kappa shape index (κ2) is 6.01. The first kappa shape index (κ1) is 15.8. The van der Waals surface area contributed by atoms with Crippen LogP contribution in [-0.4, -0.2) is 35.4 Å². The highest BCUT2D eigenvalue weighted by Crippen LogP contribution is 2.29. The van der Waals surface area contributed by atoms with Crippen LogP contribution in [0.25, 0.3) is 0 Å². The number of aromatic nitrogens is 2. The van der Waals surface area contributed by atoms with Gasteiger partial charge in [-0.15, -0.1) is 0 Å². The molecule has 1 saturated heterocycles. The molecule has 0 atom stereocenters. The van der Waals surface area contributed by atoms with Crippen LogP contribution in [0.5, 0.6) is 0 Å². The summed E-state index contributed by atoms with van der Waals surface area (Å²) < 4.78 is 29.3. The van der Waals surface area contributed by atoms with Gasteiger partial charge in [-0.1, -0.05) is 6.07 Å². The van der Waals surface area contributed by atoms with Crippen molar-refractivity contribution in [2.75, 3.05) is 13.1 Å². The molecule has 0 saturated carbocycles. The van der Waals surface area contributed by atoms with E-state index in [1.807, 2.05) is 25.3 Å². The second-order valence-electron chi connectivity index (χ2n) is 6.95. The van der Waals surface area contributed by atoms with Crippen molar-refractivity contribution in [2.24, 2.45) is 5.92 Å². The Hall–Kier alpha value is -1.66. The number of nitrogens with zero attached hydrogens (tertiary/aromatic N) is 3. The molecule has 2 aliphatic rings. The Balaban J connectivity index is 1.46. The zero-order valence-electron chi connectivity index (χ0n) is 14.0. The third kappa shape index (κ3) is 2.78. The lowest BCUT2D eigenvalue weighted by Crippen LogP contribution is -2.51. The smallest absolute Gasteiger partial charge is 0.243 e. The van der Waals surface area contributed by atoms with Gasteiger partial charge in [0.05, 0.1) is 4.90 Å². The average molecular weight is 345 g/mol. The quantitative estimate of drug-likeness (QED) is 0.855. The lowest BCUT2D eigenvalue weighted by molar-refractivity contribution is 0.179. The number of sulfonamides is 1. The first-order valence-corrected chi connectivity index (χ1v) is 10.1. The predicted molar refractivity (Wildman–Crippen MR) is 92.3 cm³/mol. The van der Waals surface area contributed by atoms with E-state index in [0.29, 0.717) is 23.9 Å². The van der Waals surface area contributed by atoms with E-state index in [1.165, 1.54) is 17.5 Å². The van der Waals surface area contributed by atoms with E-state index < -0.39 is 10.0 Å². The van der Waals surface area contributed by atoms with Crippen molar-refractivity contribution in [1.29, 1.82) is 0 Å². The van der Waals surface area contributed by atoms with Gasteiger partial charge in [0, 0.05) is 37.9 Å². The zero-order chi connectivity index (χ0) is 16.7. The minimum absolute atomic E-state index is 0.366. The van der Waals surface area contributed by atoms with Crippen molar-refractivity contribution in [3.8, 4) is 0 Å². The van der Waals surface area contributed by atoms with Crippen molar-refractivity contribution in [3.05, 3.63) is 47.5 Å². The summed E-state index contributed by atoms with van der Waals surface area (Å²) >= 11 is 0. The van der Waals surface area contributed by atoms with Crippen molar-refractivity contribution < 1.29 is 8.42 Å². The van der Waals surface area contributed by atoms with E-state index in [9.17, 15) is 8.42 Å². The van der Waals surface area contributed by atoms with Gasteiger partial charge in [-0.05, 0) is 55.9 Å². The summed E-state index contributed by atoms with van der Waals surface area (Å²) in [5, 5.41) is 0. The Kier molecular flexibility index (Phi) is 3.96. The number of benzene rings is 1. The van der Waals surface area contributed by atoms with Crippen LogP contribution >= 0.6 is 0 Å². The first-order chi connectivity index (χ1) is 11.5. The minimum atomic E-state index is -3.35. The summed E-state index contributed by atoms with van der Waals surface area (Å²) in [6.07, 6.45) is 8.19. The lowest BCUT2D eigenvalue weighted by atomic mass is 9.92. The molecular weight excluding hydrogens is 322 g/mol. The molecule has 24 heavy (non-hydrogen) atoms. The molecule has 0 radical (unpaired) electrons. The van der Waals surface area contributed by atoms with Gasteiger partial charge in [-0.3, -0.25) is 0 Å². The van der Waals surface area contributed by atoms with Crippen molar-refractivity contribution in [3.63, 3.8) is 0 Å². The number of aryl methyl sites for hydroxylation is 3. The van der Waals surface area contributed by atoms with E-state index in [2.05, 4.69) is 9.55 Å². The molecule has 6 heteroatoms. The lowest BCUT2D eigenvalue weighted by Gasteiger charge is -2.38. The van der Waals surface area contributed by atoms with E-state index in [4.69, 9.17) is 0 Å². The SMILES string of the molecule is Cc1nccn1CC1CN(S(=O)(=O)c2ccc3c(c2)CCCC3)C1. The summed E-state index contributed by atoms with van der Waals surface area (Å²) in [5.41, 5.74) is 2.53. The van der Waals surface area contributed by atoms with Crippen LogP contribution in [0.15, 0.2) is 35.5 Å². The number of hydrogen-bond acceptors (Lipinski definition) is 3. The van der Waals surface area contributed by atoms with Crippen molar-refractivity contribution in [2.45, 2.75) is 44.0 Å². The van der Waals surface area contributed by atoms with Gasteiger partial charge in [-0.2, -0.15) is 4.31 Å². The third-order valence-corrected chi connectivity index (χ3v) is 7.09. The molecule has 1 fully saturated rings. The number of fused-ring (bicyclic) bond motifs is 1. The van der Waals surface area contributed by atoms with E-state index >= 15 is 0 Å². The molecule has 0 spiro atoms. The van der Waals surface area contributed by atoms with Crippen LogP contribution in [0.2, 0.25) is 0 Å². The normalized spacial score (nSPS) is 19.0. The van der Waals surface area contributed by atoms with Crippen molar-refractivity contribution >= 4 is 10.0 Å². The molecule has 0 unspecified atom stereocenters. The maximum atomic E-state index is 12.8. The van der Waals surface area contributed by atoms with Crippen LogP contribution in [0.3, 0.4) is 0 Å². The van der Waals surface area contributed by atoms with E-state index in [0.717, 1.165) is 31.6 Å². The maximum absolute atomic E-state index is 12.8. The van der Waals surface area contributed by atoms with Gasteiger partial charge in [0.25, 0.3) is 0 Å². The molecule has 0 N–H and O–H groups in total. The van der Waals surface area contributed by atoms with Crippen LogP contribution < -0.4 is 0 Å². The Morgan fingerprint density at radius 1 is 1.17 bits per heavy atom. The highest BCUT2D eigenvalue weighted by molar-refractivity contribution is 7.89. The molecule has 1 aromatic carbocycles.